The van der Waals surface area contributed by atoms with Crippen molar-refractivity contribution in [3.05, 3.63) is 97.1 Å². The average Bonchev–Trinajstić information content (AvgIpc) is 2.71. The molecule has 0 radical (unpaired) electrons. The molecule has 3 rings (SSSR count). The third kappa shape index (κ3) is 6.75. The molecule has 0 aliphatic carbocycles. The Morgan fingerprint density at radius 1 is 0.966 bits per heavy atom. The van der Waals surface area contributed by atoms with E-state index in [-0.39, 0.29) is 6.61 Å². The van der Waals surface area contributed by atoms with Gasteiger partial charge in [0.1, 0.15) is 5.75 Å². The van der Waals surface area contributed by atoms with Crippen molar-refractivity contribution in [1.82, 2.24) is 0 Å². The maximum atomic E-state index is 10.7. The van der Waals surface area contributed by atoms with Crippen LogP contribution in [-0.2, 0) is 4.79 Å². The lowest BCUT2D eigenvalue weighted by Crippen LogP contribution is -2.10. The number of hydrogen-bond donors (Lipinski definition) is 1. The van der Waals surface area contributed by atoms with Crippen LogP contribution in [0.25, 0.3) is 5.57 Å². The first-order valence-corrected chi connectivity index (χ1v) is 12.0. The highest BCUT2D eigenvalue weighted by molar-refractivity contribution is 14.1. The van der Waals surface area contributed by atoms with E-state index in [2.05, 4.69) is 99.8 Å². The molecule has 0 bridgehead atoms. The third-order valence-electron chi connectivity index (χ3n) is 4.01. The van der Waals surface area contributed by atoms with Crippen LogP contribution >= 0.6 is 56.9 Å². The number of aliphatic carboxylic acids is 1. The first kappa shape index (κ1) is 22.2. The van der Waals surface area contributed by atoms with E-state index in [9.17, 15) is 4.79 Å². The van der Waals surface area contributed by atoms with E-state index in [1.807, 2.05) is 24.3 Å². The molecule has 3 aromatic carbocycles. The fourth-order valence-electron chi connectivity index (χ4n) is 2.73. The smallest absolute Gasteiger partial charge is 0.341 e. The molecule has 0 amide bonds. The Hall–Kier alpha value is -1.52. The molecule has 0 aromatic heterocycles. The van der Waals surface area contributed by atoms with Crippen molar-refractivity contribution in [2.45, 2.75) is 4.90 Å². The molecule has 0 saturated heterocycles. The van der Waals surface area contributed by atoms with Gasteiger partial charge in [0.15, 0.2) is 6.61 Å². The fourth-order valence-corrected chi connectivity index (χ4v) is 4.96. The van der Waals surface area contributed by atoms with Crippen molar-refractivity contribution in [2.24, 2.45) is 0 Å². The molecule has 0 heterocycles. The van der Waals surface area contributed by atoms with Gasteiger partial charge in [-0.05, 0) is 92.2 Å². The quantitative estimate of drug-likeness (QED) is 0.226. The van der Waals surface area contributed by atoms with E-state index in [0.717, 1.165) is 14.2 Å². The lowest BCUT2D eigenvalue weighted by molar-refractivity contribution is -0.139. The largest absolute Gasteiger partial charge is 0.481 e. The van der Waals surface area contributed by atoms with Gasteiger partial charge in [-0.25, -0.2) is 4.79 Å². The number of carboxylic acids is 1. The first-order chi connectivity index (χ1) is 14.0. The highest BCUT2D eigenvalue weighted by Gasteiger charge is 2.07. The Bertz CT molecular complexity index is 1020. The van der Waals surface area contributed by atoms with Crippen LogP contribution in [0.5, 0.6) is 5.75 Å². The summed E-state index contributed by atoms with van der Waals surface area (Å²) in [5, 5.41) is 8.75. The van der Waals surface area contributed by atoms with Gasteiger partial charge in [0.2, 0.25) is 0 Å². The normalized spacial score (nSPS) is 11.3. The molecule has 3 nitrogen and oxygen atoms in total. The number of hydrogen-bond acceptors (Lipinski definition) is 3. The van der Waals surface area contributed by atoms with Crippen LogP contribution in [0.1, 0.15) is 11.1 Å². The van der Waals surface area contributed by atoms with Crippen LogP contribution in [0.4, 0.5) is 0 Å². The number of carboxylic acid groups (broad SMARTS) is 1. The van der Waals surface area contributed by atoms with Crippen molar-refractivity contribution in [2.75, 3.05) is 12.4 Å². The maximum absolute atomic E-state index is 10.7. The van der Waals surface area contributed by atoms with Crippen LogP contribution in [0.2, 0.25) is 0 Å². The van der Waals surface area contributed by atoms with E-state index < -0.39 is 5.97 Å². The van der Waals surface area contributed by atoms with Gasteiger partial charge in [0, 0.05) is 14.2 Å². The molecule has 0 saturated carbocycles. The van der Waals surface area contributed by atoms with Crippen LogP contribution in [0, 0.1) is 7.14 Å². The molecule has 0 atom stereocenters. The average molecular weight is 628 g/mol. The van der Waals surface area contributed by atoms with Gasteiger partial charge in [-0.1, -0.05) is 48.5 Å². The minimum Gasteiger partial charge on any atom is -0.481 e. The van der Waals surface area contributed by atoms with Crippen LogP contribution in [0.3, 0.4) is 0 Å². The van der Waals surface area contributed by atoms with Gasteiger partial charge in [0.25, 0.3) is 0 Å². The second-order valence-corrected chi connectivity index (χ2v) is 9.58. The Morgan fingerprint density at radius 2 is 1.72 bits per heavy atom. The van der Waals surface area contributed by atoms with Crippen molar-refractivity contribution in [3.63, 3.8) is 0 Å². The number of halogens is 2. The van der Waals surface area contributed by atoms with Gasteiger partial charge in [-0.2, -0.15) is 0 Å². The number of ether oxygens (including phenoxy) is 1. The first-order valence-electron chi connectivity index (χ1n) is 8.81. The van der Waals surface area contributed by atoms with E-state index in [0.29, 0.717) is 5.75 Å². The fraction of sp³-hybridized carbons (Fsp3) is 0.0870. The molecular weight excluding hydrogens is 610 g/mol. The predicted molar refractivity (Wildman–Crippen MR) is 136 cm³/mol. The number of benzene rings is 3. The number of thioether (sulfide) groups is 1. The summed E-state index contributed by atoms with van der Waals surface area (Å²) in [5.41, 5.74) is 3.62. The molecule has 0 fully saturated rings. The van der Waals surface area contributed by atoms with Crippen LogP contribution in [0.15, 0.2) is 83.8 Å². The summed E-state index contributed by atoms with van der Waals surface area (Å²) in [5.74, 6) is 0.436. The number of carbonyl (C=O) groups is 1. The summed E-state index contributed by atoms with van der Waals surface area (Å²) < 4.78 is 7.40. The molecule has 29 heavy (non-hydrogen) atoms. The molecule has 148 valence electrons. The van der Waals surface area contributed by atoms with Crippen LogP contribution in [-0.4, -0.2) is 23.4 Å². The third-order valence-corrected chi connectivity index (χ3v) is 6.45. The lowest BCUT2D eigenvalue weighted by atomic mass is 9.98. The van der Waals surface area contributed by atoms with Gasteiger partial charge in [-0.15, -0.1) is 11.8 Å². The Kier molecular flexibility index (Phi) is 8.43. The van der Waals surface area contributed by atoms with E-state index in [4.69, 9.17) is 9.84 Å². The predicted octanol–water partition coefficient (Wildman–Crippen LogP) is 6.58. The zero-order valence-corrected chi connectivity index (χ0v) is 20.5. The topological polar surface area (TPSA) is 46.5 Å². The van der Waals surface area contributed by atoms with Crippen LogP contribution < -0.4 is 4.74 Å². The van der Waals surface area contributed by atoms with Crippen molar-refractivity contribution < 1.29 is 14.6 Å². The van der Waals surface area contributed by atoms with Gasteiger partial charge >= 0.3 is 5.97 Å². The molecule has 0 aliphatic heterocycles. The summed E-state index contributed by atoms with van der Waals surface area (Å²) in [6.45, 7) is -0.332. The Labute approximate surface area is 201 Å². The Balaban J connectivity index is 1.76. The van der Waals surface area contributed by atoms with Crippen molar-refractivity contribution in [1.29, 1.82) is 0 Å². The zero-order chi connectivity index (χ0) is 20.6. The molecule has 0 unspecified atom stereocenters. The van der Waals surface area contributed by atoms with E-state index in [1.54, 1.807) is 11.8 Å². The molecule has 0 spiro atoms. The molecule has 1 N–H and O–H groups in total. The van der Waals surface area contributed by atoms with Gasteiger partial charge < -0.3 is 9.84 Å². The minimum absolute atomic E-state index is 0.332. The monoisotopic (exact) mass is 628 g/mol. The second-order valence-electron chi connectivity index (χ2n) is 6.08. The molecule has 3 aromatic rings. The summed E-state index contributed by atoms with van der Waals surface area (Å²) in [7, 11) is 0. The summed E-state index contributed by atoms with van der Waals surface area (Å²) in [6.07, 6.45) is 2.26. The van der Waals surface area contributed by atoms with E-state index >= 15 is 0 Å². The maximum Gasteiger partial charge on any atom is 0.341 e. The summed E-state index contributed by atoms with van der Waals surface area (Å²) in [6, 6.07) is 24.7. The minimum atomic E-state index is -0.978. The molecule has 0 aliphatic rings. The van der Waals surface area contributed by atoms with Crippen molar-refractivity contribution in [3.8, 4) is 5.75 Å². The highest BCUT2D eigenvalue weighted by atomic mass is 127. The highest BCUT2D eigenvalue weighted by Crippen LogP contribution is 2.30. The second kappa shape index (κ2) is 11.0. The zero-order valence-electron chi connectivity index (χ0n) is 15.3. The SMILES string of the molecule is O=C(O)COc1ccc(SCC=C(c2ccccc2)c2cccc(I)c2)cc1I. The van der Waals surface area contributed by atoms with Gasteiger partial charge in [-0.3, -0.25) is 0 Å². The van der Waals surface area contributed by atoms with Gasteiger partial charge in [0.05, 0.1) is 3.57 Å². The summed E-state index contributed by atoms with van der Waals surface area (Å²) in [4.78, 5) is 11.8. The standard InChI is InChI=1S/C23H18I2O3S/c24-18-8-4-7-17(13-18)20(16-5-2-1-3-6-16)11-12-29-19-9-10-22(21(25)14-19)28-15-23(26)27/h1-11,13-14H,12,15H2,(H,26,27). The van der Waals surface area contributed by atoms with E-state index in [1.165, 1.54) is 20.3 Å². The summed E-state index contributed by atoms with van der Waals surface area (Å²) >= 11 is 6.25. The lowest BCUT2D eigenvalue weighted by Gasteiger charge is -2.10. The number of rotatable bonds is 8. The molecular formula is C23H18I2O3S. The molecule has 6 heteroatoms. The Morgan fingerprint density at radius 3 is 2.41 bits per heavy atom. The van der Waals surface area contributed by atoms with Crippen molar-refractivity contribution >= 4 is 68.5 Å².